The van der Waals surface area contributed by atoms with E-state index in [0.29, 0.717) is 16.1 Å². The molecular formula is C28H21N3OS3. The van der Waals surface area contributed by atoms with Crippen molar-refractivity contribution in [2.24, 2.45) is 0 Å². The number of thiophene rings is 1. The van der Waals surface area contributed by atoms with Gasteiger partial charge in [0.1, 0.15) is 11.1 Å². The third-order valence-corrected chi connectivity index (χ3v) is 8.95. The Morgan fingerprint density at radius 1 is 0.914 bits per heavy atom. The Balaban J connectivity index is 1.47. The zero-order chi connectivity index (χ0) is 24.2. The SMILES string of the molecule is N#Cc1c(NC(=S)NC(=O)c2ccccc2)sc2c1C[C@H](c1ccccc1)S[C@H]2c1ccccc1. The molecule has 35 heavy (non-hydrogen) atoms. The van der Waals surface area contributed by atoms with Crippen molar-refractivity contribution in [3.63, 3.8) is 0 Å². The molecule has 0 spiro atoms. The summed E-state index contributed by atoms with van der Waals surface area (Å²) >= 11 is 8.89. The Morgan fingerprint density at radius 3 is 2.14 bits per heavy atom. The van der Waals surface area contributed by atoms with Crippen LogP contribution in [0.2, 0.25) is 0 Å². The minimum Gasteiger partial charge on any atom is -0.323 e. The van der Waals surface area contributed by atoms with Crippen LogP contribution in [-0.4, -0.2) is 11.0 Å². The molecule has 0 aliphatic carbocycles. The summed E-state index contributed by atoms with van der Waals surface area (Å²) in [6.45, 7) is 0. The van der Waals surface area contributed by atoms with Crippen molar-refractivity contribution in [2.75, 3.05) is 5.32 Å². The molecule has 4 aromatic rings. The van der Waals surface area contributed by atoms with Crippen molar-refractivity contribution < 1.29 is 4.79 Å². The molecule has 1 aliphatic heterocycles. The number of fused-ring (bicyclic) bond motifs is 1. The quantitative estimate of drug-likeness (QED) is 0.293. The number of carbonyl (C=O) groups is 1. The highest BCUT2D eigenvalue weighted by atomic mass is 32.2. The number of nitrogens with zero attached hydrogens (tertiary/aromatic N) is 1. The fourth-order valence-corrected chi connectivity index (χ4v) is 7.44. The van der Waals surface area contributed by atoms with Crippen LogP contribution in [0.25, 0.3) is 0 Å². The van der Waals surface area contributed by atoms with Gasteiger partial charge in [0.2, 0.25) is 0 Å². The Labute approximate surface area is 218 Å². The molecule has 1 amide bonds. The molecule has 7 heteroatoms. The van der Waals surface area contributed by atoms with Crippen LogP contribution in [0.15, 0.2) is 91.0 Å². The maximum absolute atomic E-state index is 12.5. The first-order chi connectivity index (χ1) is 17.1. The van der Waals surface area contributed by atoms with E-state index < -0.39 is 0 Å². The van der Waals surface area contributed by atoms with Gasteiger partial charge in [-0.1, -0.05) is 78.9 Å². The second-order valence-corrected chi connectivity index (χ2v) is 10.8. The van der Waals surface area contributed by atoms with Gasteiger partial charge < -0.3 is 5.32 Å². The summed E-state index contributed by atoms with van der Waals surface area (Å²) in [5, 5.41) is 17.2. The van der Waals surface area contributed by atoms with E-state index in [9.17, 15) is 10.1 Å². The Bertz CT molecular complexity index is 1400. The Morgan fingerprint density at radius 2 is 1.51 bits per heavy atom. The van der Waals surface area contributed by atoms with E-state index in [4.69, 9.17) is 12.2 Å². The minimum atomic E-state index is -0.287. The van der Waals surface area contributed by atoms with Gasteiger partial charge in [-0.15, -0.1) is 23.1 Å². The van der Waals surface area contributed by atoms with E-state index in [1.165, 1.54) is 11.1 Å². The average molecular weight is 512 g/mol. The maximum atomic E-state index is 12.5. The van der Waals surface area contributed by atoms with Gasteiger partial charge in [0.05, 0.1) is 10.8 Å². The van der Waals surface area contributed by atoms with Gasteiger partial charge in [0.15, 0.2) is 5.11 Å². The number of hydrogen-bond acceptors (Lipinski definition) is 5. The molecule has 1 aromatic heterocycles. The van der Waals surface area contributed by atoms with Crippen LogP contribution in [0.5, 0.6) is 0 Å². The van der Waals surface area contributed by atoms with E-state index in [1.54, 1.807) is 35.6 Å². The van der Waals surface area contributed by atoms with Crippen LogP contribution >= 0.6 is 35.3 Å². The van der Waals surface area contributed by atoms with Crippen molar-refractivity contribution in [3.8, 4) is 6.07 Å². The minimum absolute atomic E-state index is 0.102. The predicted molar refractivity (Wildman–Crippen MR) is 148 cm³/mol. The zero-order valence-electron chi connectivity index (χ0n) is 18.6. The summed E-state index contributed by atoms with van der Waals surface area (Å²) < 4.78 is 0. The van der Waals surface area contributed by atoms with Gasteiger partial charge in [-0.25, -0.2) is 0 Å². The van der Waals surface area contributed by atoms with Crippen molar-refractivity contribution in [1.29, 1.82) is 5.26 Å². The summed E-state index contributed by atoms with van der Waals surface area (Å²) in [5.41, 5.74) is 4.63. The van der Waals surface area contributed by atoms with Crippen molar-refractivity contribution in [1.82, 2.24) is 5.32 Å². The van der Waals surface area contributed by atoms with Gasteiger partial charge in [0.25, 0.3) is 5.91 Å². The second-order valence-electron chi connectivity index (χ2n) is 8.07. The normalized spacial score (nSPS) is 16.5. The highest BCUT2D eigenvalue weighted by Crippen LogP contribution is 2.55. The van der Waals surface area contributed by atoms with E-state index >= 15 is 0 Å². The predicted octanol–water partition coefficient (Wildman–Crippen LogP) is 6.87. The standard InChI is InChI=1S/C28H21N3OS3/c29-17-22-21-16-23(18-10-4-1-5-11-18)34-24(19-12-6-2-7-13-19)25(21)35-27(22)31-28(33)30-26(32)20-14-8-3-9-15-20/h1-15,23-24H,16H2,(H2,30,31,32,33)/t23-,24+/m1/s1. The molecule has 172 valence electrons. The van der Waals surface area contributed by atoms with Crippen LogP contribution < -0.4 is 10.6 Å². The second kappa shape index (κ2) is 10.4. The highest BCUT2D eigenvalue weighted by molar-refractivity contribution is 8.00. The monoisotopic (exact) mass is 511 g/mol. The third kappa shape index (κ3) is 5.01. The van der Waals surface area contributed by atoms with Crippen LogP contribution in [0.3, 0.4) is 0 Å². The molecule has 4 nitrogen and oxygen atoms in total. The molecule has 0 saturated heterocycles. The van der Waals surface area contributed by atoms with E-state index in [2.05, 4.69) is 53.1 Å². The smallest absolute Gasteiger partial charge is 0.257 e. The van der Waals surface area contributed by atoms with E-state index in [0.717, 1.165) is 16.9 Å². The van der Waals surface area contributed by atoms with Crippen molar-refractivity contribution in [2.45, 2.75) is 16.9 Å². The molecule has 0 unspecified atom stereocenters. The topological polar surface area (TPSA) is 64.9 Å². The molecule has 2 N–H and O–H groups in total. The van der Waals surface area contributed by atoms with Crippen molar-refractivity contribution >= 4 is 51.3 Å². The van der Waals surface area contributed by atoms with E-state index in [1.807, 2.05) is 42.1 Å². The number of nitriles is 1. The summed E-state index contributed by atoms with van der Waals surface area (Å²) in [6, 6.07) is 32.2. The molecule has 0 radical (unpaired) electrons. The Hall–Kier alpha value is -3.44. The van der Waals surface area contributed by atoms with Crippen LogP contribution in [-0.2, 0) is 6.42 Å². The fraction of sp³-hybridized carbons (Fsp3) is 0.107. The molecule has 5 rings (SSSR count). The number of benzene rings is 3. The lowest BCUT2D eigenvalue weighted by molar-refractivity contribution is 0.0977. The van der Waals surface area contributed by atoms with Crippen LogP contribution in [0.4, 0.5) is 5.00 Å². The van der Waals surface area contributed by atoms with E-state index in [-0.39, 0.29) is 21.5 Å². The Kier molecular flexibility index (Phi) is 6.96. The summed E-state index contributed by atoms with van der Waals surface area (Å²) in [4.78, 5) is 13.7. The zero-order valence-corrected chi connectivity index (χ0v) is 21.1. The largest absolute Gasteiger partial charge is 0.323 e. The lowest BCUT2D eigenvalue weighted by atomic mass is 9.97. The lowest BCUT2D eigenvalue weighted by Gasteiger charge is -2.29. The molecule has 2 heterocycles. The van der Waals surface area contributed by atoms with Crippen LogP contribution in [0.1, 0.15) is 48.0 Å². The lowest BCUT2D eigenvalue weighted by Crippen LogP contribution is -2.34. The van der Waals surface area contributed by atoms with Gasteiger partial charge in [0, 0.05) is 15.7 Å². The number of hydrogen-bond donors (Lipinski definition) is 2. The molecule has 2 atom stereocenters. The maximum Gasteiger partial charge on any atom is 0.257 e. The summed E-state index contributed by atoms with van der Waals surface area (Å²) in [5.74, 6) is -0.287. The first kappa shape index (κ1) is 23.3. The average Bonchev–Trinajstić information content (AvgIpc) is 3.26. The number of thiocarbonyl (C=S) groups is 1. The molecule has 0 saturated carbocycles. The number of amides is 1. The van der Waals surface area contributed by atoms with Gasteiger partial charge >= 0.3 is 0 Å². The van der Waals surface area contributed by atoms with Gasteiger partial charge in [-0.2, -0.15) is 5.26 Å². The van der Waals surface area contributed by atoms with Gasteiger partial charge in [-0.3, -0.25) is 10.1 Å². The third-order valence-electron chi connectivity index (χ3n) is 5.84. The molecule has 1 aliphatic rings. The number of nitrogens with one attached hydrogen (secondary N) is 2. The van der Waals surface area contributed by atoms with Crippen LogP contribution in [0, 0.1) is 11.3 Å². The molecule has 0 bridgehead atoms. The van der Waals surface area contributed by atoms with Crippen molar-refractivity contribution in [3.05, 3.63) is 124 Å². The number of rotatable bonds is 4. The molecule has 3 aromatic carbocycles. The number of thioether (sulfide) groups is 1. The number of anilines is 1. The summed E-state index contributed by atoms with van der Waals surface area (Å²) in [7, 11) is 0. The number of carbonyl (C=O) groups excluding carboxylic acids is 1. The molecular weight excluding hydrogens is 491 g/mol. The molecule has 0 fully saturated rings. The van der Waals surface area contributed by atoms with Gasteiger partial charge in [-0.05, 0) is 47.5 Å². The highest BCUT2D eigenvalue weighted by Gasteiger charge is 2.34. The fourth-order valence-electron chi connectivity index (χ4n) is 4.18. The first-order valence-corrected chi connectivity index (χ1v) is 13.3. The summed E-state index contributed by atoms with van der Waals surface area (Å²) in [6.07, 6.45) is 0.761. The first-order valence-electron chi connectivity index (χ1n) is 11.1.